The molecule has 0 aromatic heterocycles. The van der Waals surface area contributed by atoms with E-state index < -0.39 is 4.92 Å². The predicted octanol–water partition coefficient (Wildman–Crippen LogP) is 2.06. The Balaban J connectivity index is 2.52. The highest BCUT2D eigenvalue weighted by atomic mass is 16.6. The Morgan fingerprint density at radius 1 is 1.53 bits per heavy atom. The average Bonchev–Trinajstić information content (AvgIpc) is 2.37. The molecule has 0 radical (unpaired) electrons. The van der Waals surface area contributed by atoms with Crippen LogP contribution in [-0.4, -0.2) is 29.2 Å². The normalized spacial score (nSPS) is 10.2. The van der Waals surface area contributed by atoms with Crippen molar-refractivity contribution in [2.24, 2.45) is 0 Å². The lowest BCUT2D eigenvalue weighted by Crippen LogP contribution is -2.12. The van der Waals surface area contributed by atoms with E-state index in [4.69, 9.17) is 4.74 Å². The van der Waals surface area contributed by atoms with Crippen LogP contribution in [0.1, 0.15) is 19.8 Å². The van der Waals surface area contributed by atoms with Crippen LogP contribution in [-0.2, 0) is 9.53 Å². The second-order valence-electron chi connectivity index (χ2n) is 3.81. The fourth-order valence-electron chi connectivity index (χ4n) is 1.43. The third-order valence-corrected chi connectivity index (χ3v) is 2.36. The monoisotopic (exact) mass is 268 g/mol. The summed E-state index contributed by atoms with van der Waals surface area (Å²) in [5.41, 5.74) is -0.0705. The lowest BCUT2D eigenvalue weighted by Gasteiger charge is -2.07. The topological polar surface area (TPSA) is 102 Å². The molecule has 1 aromatic carbocycles. The Bertz CT molecular complexity index is 461. The van der Waals surface area contributed by atoms with E-state index in [0.717, 1.165) is 6.07 Å². The van der Waals surface area contributed by atoms with E-state index in [9.17, 15) is 20.0 Å². The van der Waals surface area contributed by atoms with Crippen LogP contribution in [0.4, 0.5) is 11.4 Å². The number of ether oxygens (including phenoxy) is 1. The third kappa shape index (κ3) is 4.92. The third-order valence-electron chi connectivity index (χ3n) is 2.36. The Morgan fingerprint density at radius 3 is 2.84 bits per heavy atom. The molecule has 2 N–H and O–H groups in total. The average molecular weight is 268 g/mol. The van der Waals surface area contributed by atoms with Gasteiger partial charge in [0.15, 0.2) is 0 Å². The van der Waals surface area contributed by atoms with Crippen molar-refractivity contribution in [3.8, 4) is 5.75 Å². The van der Waals surface area contributed by atoms with Crippen molar-refractivity contribution in [1.29, 1.82) is 0 Å². The van der Waals surface area contributed by atoms with Gasteiger partial charge in [0.05, 0.1) is 16.7 Å². The number of aromatic hydroxyl groups is 1. The number of carbonyl (C=O) groups excluding carboxylic acids is 1. The summed E-state index contributed by atoms with van der Waals surface area (Å²) in [5.74, 6) is -0.601. The van der Waals surface area contributed by atoms with Crippen LogP contribution in [0, 0.1) is 10.1 Å². The number of hydrogen-bond acceptors (Lipinski definition) is 5. The summed E-state index contributed by atoms with van der Waals surface area (Å²) >= 11 is 0. The molecular weight excluding hydrogens is 252 g/mol. The Morgan fingerprint density at radius 2 is 2.26 bits per heavy atom. The fraction of sp³-hybridized carbons (Fsp3) is 0.417. The summed E-state index contributed by atoms with van der Waals surface area (Å²) in [6.07, 6.45) is 0.837. The first kappa shape index (κ1) is 14.9. The number of nitrogens with one attached hydrogen (secondary N) is 1. The Kier molecular flexibility index (Phi) is 5.74. The van der Waals surface area contributed by atoms with Gasteiger partial charge in [-0.05, 0) is 19.4 Å². The molecule has 0 fully saturated rings. The van der Waals surface area contributed by atoms with Crippen LogP contribution < -0.4 is 5.32 Å². The number of phenolic OH excluding ortho intramolecular Hbond substituents is 1. The van der Waals surface area contributed by atoms with E-state index in [1.54, 1.807) is 0 Å². The second kappa shape index (κ2) is 7.32. The van der Waals surface area contributed by atoms with Crippen molar-refractivity contribution in [2.75, 3.05) is 18.5 Å². The number of amides is 1. The van der Waals surface area contributed by atoms with Gasteiger partial charge >= 0.3 is 0 Å². The summed E-state index contributed by atoms with van der Waals surface area (Å²) in [6, 6.07) is 3.51. The van der Waals surface area contributed by atoms with E-state index in [1.165, 1.54) is 12.1 Å². The van der Waals surface area contributed by atoms with Crippen LogP contribution in [0.5, 0.6) is 5.75 Å². The Hall–Kier alpha value is -2.15. The molecule has 0 unspecified atom stereocenters. The van der Waals surface area contributed by atoms with Gasteiger partial charge in [0, 0.05) is 25.7 Å². The first-order valence-corrected chi connectivity index (χ1v) is 5.89. The van der Waals surface area contributed by atoms with Crippen molar-refractivity contribution < 1.29 is 19.6 Å². The van der Waals surface area contributed by atoms with Gasteiger partial charge < -0.3 is 15.2 Å². The summed E-state index contributed by atoms with van der Waals surface area (Å²) in [7, 11) is 0. The number of benzene rings is 1. The zero-order chi connectivity index (χ0) is 14.3. The molecule has 1 rings (SSSR count). The molecule has 0 spiro atoms. The molecule has 0 aliphatic heterocycles. The molecule has 0 saturated carbocycles. The van der Waals surface area contributed by atoms with Crippen molar-refractivity contribution in [3.05, 3.63) is 28.3 Å². The van der Waals surface area contributed by atoms with E-state index in [2.05, 4.69) is 5.32 Å². The predicted molar refractivity (Wildman–Crippen MR) is 69.1 cm³/mol. The number of nitrogens with zero attached hydrogens (tertiary/aromatic N) is 1. The van der Waals surface area contributed by atoms with E-state index in [-0.39, 0.29) is 29.5 Å². The maximum Gasteiger partial charge on any atom is 0.273 e. The minimum Gasteiger partial charge on any atom is -0.506 e. The smallest absolute Gasteiger partial charge is 0.273 e. The van der Waals surface area contributed by atoms with E-state index >= 15 is 0 Å². The van der Waals surface area contributed by atoms with Gasteiger partial charge in [0.1, 0.15) is 5.75 Å². The molecule has 0 saturated heterocycles. The first-order valence-electron chi connectivity index (χ1n) is 5.89. The lowest BCUT2D eigenvalue weighted by atomic mass is 10.2. The molecule has 104 valence electrons. The quantitative estimate of drug-likeness (QED) is 0.341. The highest BCUT2D eigenvalue weighted by Gasteiger charge is 2.11. The Labute approximate surface area is 110 Å². The first-order chi connectivity index (χ1) is 9.04. The minimum absolute atomic E-state index is 0.159. The van der Waals surface area contributed by atoms with Gasteiger partial charge in [-0.25, -0.2) is 0 Å². The van der Waals surface area contributed by atoms with Crippen LogP contribution in [0.25, 0.3) is 0 Å². The summed E-state index contributed by atoms with van der Waals surface area (Å²) < 4.78 is 5.10. The van der Waals surface area contributed by atoms with Gasteiger partial charge in [-0.3, -0.25) is 14.9 Å². The van der Waals surface area contributed by atoms with Crippen molar-refractivity contribution >= 4 is 17.3 Å². The van der Waals surface area contributed by atoms with Crippen LogP contribution in [0.2, 0.25) is 0 Å². The molecule has 0 bridgehead atoms. The molecule has 1 aromatic rings. The molecule has 0 heterocycles. The molecule has 1 amide bonds. The molecule has 7 heteroatoms. The number of hydrogen-bond donors (Lipinski definition) is 2. The summed E-state index contributed by atoms with van der Waals surface area (Å²) in [4.78, 5) is 21.4. The van der Waals surface area contributed by atoms with Gasteiger partial charge in [0.25, 0.3) is 5.69 Å². The van der Waals surface area contributed by atoms with Gasteiger partial charge in [-0.1, -0.05) is 0 Å². The number of phenols is 1. The number of nitro benzene ring substituents is 1. The van der Waals surface area contributed by atoms with E-state index in [1.807, 2.05) is 6.92 Å². The maximum atomic E-state index is 11.5. The molecule has 0 aliphatic carbocycles. The standard InChI is InChI=1S/C12H16N2O5/c1-2-19-7-3-4-12(16)13-10-6-5-9(14(17)18)8-11(10)15/h5-6,8,15H,2-4,7H2,1H3,(H,13,16). The fourth-order valence-corrected chi connectivity index (χ4v) is 1.43. The van der Waals surface area contributed by atoms with Gasteiger partial charge in [-0.15, -0.1) is 0 Å². The van der Waals surface area contributed by atoms with Gasteiger partial charge in [-0.2, -0.15) is 0 Å². The highest BCUT2D eigenvalue weighted by Crippen LogP contribution is 2.27. The zero-order valence-electron chi connectivity index (χ0n) is 10.6. The SMILES string of the molecule is CCOCCCC(=O)Nc1ccc([N+](=O)[O-])cc1O. The number of non-ortho nitro benzene ring substituents is 1. The van der Waals surface area contributed by atoms with Gasteiger partial charge in [0.2, 0.25) is 5.91 Å². The summed E-state index contributed by atoms with van der Waals surface area (Å²) in [5, 5.41) is 22.5. The summed E-state index contributed by atoms with van der Waals surface area (Å²) in [6.45, 7) is 2.97. The number of rotatable bonds is 7. The molecular formula is C12H16N2O5. The van der Waals surface area contributed by atoms with Crippen LogP contribution in [0.3, 0.4) is 0 Å². The van der Waals surface area contributed by atoms with Crippen LogP contribution in [0.15, 0.2) is 18.2 Å². The molecule has 19 heavy (non-hydrogen) atoms. The minimum atomic E-state index is -0.618. The molecule has 0 atom stereocenters. The zero-order valence-corrected chi connectivity index (χ0v) is 10.6. The second-order valence-corrected chi connectivity index (χ2v) is 3.81. The lowest BCUT2D eigenvalue weighted by molar-refractivity contribution is -0.384. The van der Waals surface area contributed by atoms with Crippen molar-refractivity contribution in [1.82, 2.24) is 0 Å². The largest absolute Gasteiger partial charge is 0.506 e. The maximum absolute atomic E-state index is 11.5. The number of nitro groups is 1. The van der Waals surface area contributed by atoms with Crippen LogP contribution >= 0.6 is 0 Å². The number of anilines is 1. The molecule has 0 aliphatic rings. The highest BCUT2D eigenvalue weighted by molar-refractivity contribution is 5.92. The number of carbonyl (C=O) groups is 1. The molecule has 7 nitrogen and oxygen atoms in total. The van der Waals surface area contributed by atoms with Crippen molar-refractivity contribution in [3.63, 3.8) is 0 Å². The van der Waals surface area contributed by atoms with E-state index in [0.29, 0.717) is 19.6 Å². The van der Waals surface area contributed by atoms with Crippen molar-refractivity contribution in [2.45, 2.75) is 19.8 Å².